The van der Waals surface area contributed by atoms with Crippen LogP contribution in [0.4, 0.5) is 0 Å². The maximum Gasteiger partial charge on any atom is 0.341 e. The Morgan fingerprint density at radius 3 is 2.15 bits per heavy atom. The molecule has 0 bridgehead atoms. The topological polar surface area (TPSA) is 113 Å². The number of rotatable bonds is 10. The monoisotopic (exact) mass is 401 g/mol. The predicted octanol–water partition coefficient (Wildman–Crippen LogP) is 2.37. The minimum Gasteiger partial charge on any atom is -0.497 e. The van der Waals surface area contributed by atoms with Crippen molar-refractivity contribution in [3.05, 3.63) is 23.8 Å². The predicted molar refractivity (Wildman–Crippen MR) is 98.3 cm³/mol. The number of aliphatic carboxylic acids is 2. The summed E-state index contributed by atoms with van der Waals surface area (Å²) < 4.78 is 10.4. The SMILES string of the molecule is CCC(Cl)C(=O)N(Cc1ccc(OC)cc1OC)C(CC)(C(=O)O)C(=O)O. The Morgan fingerprint density at radius 2 is 1.74 bits per heavy atom. The van der Waals surface area contributed by atoms with Crippen molar-refractivity contribution in [1.29, 1.82) is 0 Å². The molecule has 27 heavy (non-hydrogen) atoms. The fourth-order valence-electron chi connectivity index (χ4n) is 2.71. The first kappa shape index (κ1) is 22.6. The highest BCUT2D eigenvalue weighted by Crippen LogP contribution is 2.31. The number of hydrogen-bond acceptors (Lipinski definition) is 5. The van der Waals surface area contributed by atoms with Crippen molar-refractivity contribution in [2.75, 3.05) is 14.2 Å². The van der Waals surface area contributed by atoms with Crippen molar-refractivity contribution in [3.8, 4) is 11.5 Å². The van der Waals surface area contributed by atoms with E-state index < -0.39 is 28.8 Å². The quantitative estimate of drug-likeness (QED) is 0.457. The lowest BCUT2D eigenvalue weighted by molar-refractivity contribution is -0.174. The minimum atomic E-state index is -2.45. The average molecular weight is 402 g/mol. The Labute approximate surface area is 162 Å². The highest BCUT2D eigenvalue weighted by atomic mass is 35.5. The lowest BCUT2D eigenvalue weighted by Crippen LogP contribution is -2.62. The molecule has 1 amide bonds. The summed E-state index contributed by atoms with van der Waals surface area (Å²) in [4.78, 5) is 37.5. The van der Waals surface area contributed by atoms with Crippen LogP contribution in [0.15, 0.2) is 18.2 Å². The molecule has 9 heteroatoms. The second-order valence-corrected chi connectivity index (χ2v) is 6.33. The van der Waals surface area contributed by atoms with Gasteiger partial charge in [0.1, 0.15) is 16.9 Å². The minimum absolute atomic E-state index is 0.218. The van der Waals surface area contributed by atoms with Crippen LogP contribution in [-0.4, -0.2) is 58.1 Å². The molecule has 0 heterocycles. The molecular formula is C18H24ClNO7. The molecular weight excluding hydrogens is 378 g/mol. The van der Waals surface area contributed by atoms with E-state index in [0.29, 0.717) is 17.1 Å². The van der Waals surface area contributed by atoms with E-state index in [0.717, 1.165) is 4.90 Å². The van der Waals surface area contributed by atoms with Gasteiger partial charge in [0.2, 0.25) is 11.4 Å². The van der Waals surface area contributed by atoms with Crippen molar-refractivity contribution >= 4 is 29.4 Å². The summed E-state index contributed by atoms with van der Waals surface area (Å²) >= 11 is 6.04. The van der Waals surface area contributed by atoms with Crippen LogP contribution in [0.1, 0.15) is 32.3 Å². The number of carbonyl (C=O) groups is 3. The van der Waals surface area contributed by atoms with Gasteiger partial charge < -0.3 is 24.6 Å². The summed E-state index contributed by atoms with van der Waals surface area (Å²) in [5, 5.41) is 18.3. The summed E-state index contributed by atoms with van der Waals surface area (Å²) in [6, 6.07) is 4.75. The molecule has 1 aromatic rings. The maximum atomic E-state index is 12.8. The van der Waals surface area contributed by atoms with Gasteiger partial charge in [-0.2, -0.15) is 0 Å². The lowest BCUT2D eigenvalue weighted by Gasteiger charge is -2.38. The van der Waals surface area contributed by atoms with Crippen molar-refractivity contribution in [1.82, 2.24) is 4.90 Å². The number of carboxylic acids is 2. The molecule has 0 aliphatic rings. The molecule has 0 saturated carbocycles. The van der Waals surface area contributed by atoms with Crippen molar-refractivity contribution in [2.24, 2.45) is 0 Å². The van der Waals surface area contributed by atoms with E-state index in [2.05, 4.69) is 0 Å². The molecule has 0 spiro atoms. The third-order valence-corrected chi connectivity index (χ3v) is 4.89. The van der Waals surface area contributed by atoms with E-state index in [-0.39, 0.29) is 19.4 Å². The number of amides is 1. The average Bonchev–Trinajstić information content (AvgIpc) is 2.66. The van der Waals surface area contributed by atoms with Crippen LogP contribution in [0.3, 0.4) is 0 Å². The molecule has 8 nitrogen and oxygen atoms in total. The van der Waals surface area contributed by atoms with Gasteiger partial charge in [0.25, 0.3) is 0 Å². The normalized spacial score (nSPS) is 12.2. The number of alkyl halides is 1. The van der Waals surface area contributed by atoms with Gasteiger partial charge in [0.05, 0.1) is 20.8 Å². The third-order valence-electron chi connectivity index (χ3n) is 4.40. The van der Waals surface area contributed by atoms with Crippen LogP contribution in [0.5, 0.6) is 11.5 Å². The molecule has 150 valence electrons. The fraction of sp³-hybridized carbons (Fsp3) is 0.500. The van der Waals surface area contributed by atoms with E-state index in [1.54, 1.807) is 25.1 Å². The summed E-state index contributed by atoms with van der Waals surface area (Å²) in [5.41, 5.74) is -2.03. The Kier molecular flexibility index (Phi) is 7.90. The molecule has 1 aromatic carbocycles. The van der Waals surface area contributed by atoms with Crippen LogP contribution in [0.2, 0.25) is 0 Å². The summed E-state index contributed by atoms with van der Waals surface area (Å²) in [6.45, 7) is 2.74. The molecule has 0 saturated heterocycles. The summed E-state index contributed by atoms with van der Waals surface area (Å²) in [7, 11) is 2.88. The van der Waals surface area contributed by atoms with Gasteiger partial charge in [-0.3, -0.25) is 4.79 Å². The van der Waals surface area contributed by atoms with Gasteiger partial charge in [0.15, 0.2) is 0 Å². The number of methoxy groups -OCH3 is 2. The largest absolute Gasteiger partial charge is 0.497 e. The first-order valence-corrected chi connectivity index (χ1v) is 8.76. The number of halogens is 1. The summed E-state index contributed by atoms with van der Waals surface area (Å²) in [6.07, 6.45) is -0.120. The lowest BCUT2D eigenvalue weighted by atomic mass is 9.92. The van der Waals surface area contributed by atoms with Gasteiger partial charge in [0, 0.05) is 11.6 Å². The van der Waals surface area contributed by atoms with Gasteiger partial charge in [-0.1, -0.05) is 13.8 Å². The molecule has 0 aromatic heterocycles. The van der Waals surface area contributed by atoms with E-state index in [9.17, 15) is 24.6 Å². The smallest absolute Gasteiger partial charge is 0.341 e. The van der Waals surface area contributed by atoms with Crippen LogP contribution in [0.25, 0.3) is 0 Å². The Balaban J connectivity index is 3.54. The molecule has 0 aliphatic heterocycles. The van der Waals surface area contributed by atoms with Crippen molar-refractivity contribution < 1.29 is 34.1 Å². The second kappa shape index (κ2) is 9.45. The highest BCUT2D eigenvalue weighted by molar-refractivity contribution is 6.31. The highest BCUT2D eigenvalue weighted by Gasteiger charge is 2.53. The van der Waals surface area contributed by atoms with E-state index in [4.69, 9.17) is 21.1 Å². The van der Waals surface area contributed by atoms with Crippen molar-refractivity contribution in [3.63, 3.8) is 0 Å². The van der Waals surface area contributed by atoms with Crippen molar-refractivity contribution in [2.45, 2.75) is 44.1 Å². The number of hydrogen-bond donors (Lipinski definition) is 2. The number of carboxylic acid groups (broad SMARTS) is 2. The van der Waals surface area contributed by atoms with E-state index in [1.165, 1.54) is 21.1 Å². The zero-order valence-electron chi connectivity index (χ0n) is 15.7. The summed E-state index contributed by atoms with van der Waals surface area (Å²) in [5.74, 6) is -3.23. The molecule has 1 rings (SSSR count). The first-order chi connectivity index (χ1) is 12.7. The first-order valence-electron chi connectivity index (χ1n) is 8.32. The molecule has 0 aliphatic carbocycles. The molecule has 2 N–H and O–H groups in total. The molecule has 1 unspecified atom stereocenters. The number of ether oxygens (including phenoxy) is 2. The van der Waals surface area contributed by atoms with Gasteiger partial charge in [-0.15, -0.1) is 11.6 Å². The second-order valence-electron chi connectivity index (χ2n) is 5.80. The van der Waals surface area contributed by atoms with E-state index >= 15 is 0 Å². The van der Waals surface area contributed by atoms with Gasteiger partial charge >= 0.3 is 11.9 Å². The Hall–Kier alpha value is -2.48. The fourth-order valence-corrected chi connectivity index (χ4v) is 2.83. The zero-order valence-corrected chi connectivity index (χ0v) is 16.4. The molecule has 1 atom stereocenters. The Bertz CT molecular complexity index is 693. The zero-order chi connectivity index (χ0) is 20.8. The Morgan fingerprint density at radius 1 is 1.15 bits per heavy atom. The number of nitrogens with zero attached hydrogens (tertiary/aromatic N) is 1. The molecule has 0 fully saturated rings. The number of benzene rings is 1. The van der Waals surface area contributed by atoms with E-state index in [1.807, 2.05) is 0 Å². The van der Waals surface area contributed by atoms with Crippen LogP contribution in [-0.2, 0) is 20.9 Å². The van der Waals surface area contributed by atoms with Gasteiger partial charge in [-0.25, -0.2) is 9.59 Å². The maximum absolute atomic E-state index is 12.8. The van der Waals surface area contributed by atoms with Crippen LogP contribution < -0.4 is 9.47 Å². The number of carbonyl (C=O) groups excluding carboxylic acids is 1. The third kappa shape index (κ3) is 4.44. The van der Waals surface area contributed by atoms with Crippen LogP contribution >= 0.6 is 11.6 Å². The van der Waals surface area contributed by atoms with Crippen LogP contribution in [0, 0.1) is 0 Å². The standard InChI is InChI=1S/C18H24ClNO7/c1-5-13(19)15(21)20(18(6-2,16(22)23)17(24)25)10-11-7-8-12(26-3)9-14(11)27-4/h7-9,13H,5-6,10H2,1-4H3,(H,22,23)(H,24,25). The van der Waals surface area contributed by atoms with Gasteiger partial charge in [-0.05, 0) is 25.0 Å². The molecule has 0 radical (unpaired) electrons.